The van der Waals surface area contributed by atoms with E-state index < -0.39 is 0 Å². The van der Waals surface area contributed by atoms with Gasteiger partial charge in [0.15, 0.2) is 11.5 Å². The monoisotopic (exact) mass is 364 g/mol. The van der Waals surface area contributed by atoms with Crippen LogP contribution in [0, 0.1) is 0 Å². The first-order valence-corrected chi connectivity index (χ1v) is 9.54. The van der Waals surface area contributed by atoms with Crippen molar-refractivity contribution in [3.05, 3.63) is 41.0 Å². The van der Waals surface area contributed by atoms with Gasteiger partial charge in [0, 0.05) is 43.3 Å². The SMILES string of the molecule is CN1CCc2c(sc3ncn4nc(-c5ccc(N(C)C)cc5)nc4c23)C1. The van der Waals surface area contributed by atoms with Crippen LogP contribution in [0.15, 0.2) is 30.6 Å². The second kappa shape index (κ2) is 5.75. The van der Waals surface area contributed by atoms with Gasteiger partial charge in [0.2, 0.25) is 0 Å². The first-order chi connectivity index (χ1) is 12.6. The highest BCUT2D eigenvalue weighted by atomic mass is 32.1. The predicted octanol–water partition coefficient (Wildman–Crippen LogP) is 3.06. The minimum absolute atomic E-state index is 0.748. The third-order valence-electron chi connectivity index (χ3n) is 5.01. The highest BCUT2D eigenvalue weighted by molar-refractivity contribution is 7.19. The second-order valence-electron chi connectivity index (χ2n) is 7.06. The lowest BCUT2D eigenvalue weighted by Gasteiger charge is -2.21. The van der Waals surface area contributed by atoms with Gasteiger partial charge in [-0.3, -0.25) is 0 Å². The molecule has 0 fully saturated rings. The normalized spacial score (nSPS) is 14.9. The zero-order chi connectivity index (χ0) is 17.8. The lowest BCUT2D eigenvalue weighted by molar-refractivity contribution is 0.318. The fourth-order valence-corrected chi connectivity index (χ4v) is 4.81. The largest absolute Gasteiger partial charge is 0.378 e. The maximum absolute atomic E-state index is 4.88. The van der Waals surface area contributed by atoms with Crippen LogP contribution in [-0.4, -0.2) is 52.2 Å². The Hall–Kier alpha value is -2.51. The Morgan fingerprint density at radius 2 is 1.96 bits per heavy atom. The molecule has 26 heavy (non-hydrogen) atoms. The number of aromatic nitrogens is 4. The molecule has 0 atom stereocenters. The quantitative estimate of drug-likeness (QED) is 0.547. The Morgan fingerprint density at radius 3 is 2.73 bits per heavy atom. The fourth-order valence-electron chi connectivity index (χ4n) is 3.55. The van der Waals surface area contributed by atoms with Crippen LogP contribution >= 0.6 is 11.3 Å². The van der Waals surface area contributed by atoms with E-state index in [1.807, 2.05) is 18.6 Å². The third kappa shape index (κ3) is 2.39. The minimum atomic E-state index is 0.748. The van der Waals surface area contributed by atoms with E-state index >= 15 is 0 Å². The van der Waals surface area contributed by atoms with Gasteiger partial charge >= 0.3 is 0 Å². The summed E-state index contributed by atoms with van der Waals surface area (Å²) in [6.45, 7) is 2.07. The number of nitrogens with zero attached hydrogens (tertiary/aromatic N) is 6. The molecule has 0 radical (unpaired) electrons. The second-order valence-corrected chi connectivity index (χ2v) is 8.14. The van der Waals surface area contributed by atoms with E-state index in [0.717, 1.165) is 47.1 Å². The topological polar surface area (TPSA) is 49.6 Å². The third-order valence-corrected chi connectivity index (χ3v) is 6.14. The van der Waals surface area contributed by atoms with Crippen LogP contribution < -0.4 is 4.90 Å². The van der Waals surface area contributed by atoms with E-state index in [9.17, 15) is 0 Å². The molecule has 1 aliphatic rings. The number of likely N-dealkylation sites (N-methyl/N-ethyl adjacent to an activating group) is 1. The van der Waals surface area contributed by atoms with Crippen molar-refractivity contribution in [1.82, 2.24) is 24.5 Å². The Balaban J connectivity index is 1.66. The number of benzene rings is 1. The molecule has 132 valence electrons. The molecule has 0 amide bonds. The summed E-state index contributed by atoms with van der Waals surface area (Å²) in [5, 5.41) is 5.86. The standard InChI is InChI=1S/C19H20N6S/c1-23(2)13-6-4-12(5-7-13)17-21-18-16-14-8-9-24(3)10-15(14)26-19(16)20-11-25(18)22-17/h4-7,11H,8-10H2,1-3H3. The predicted molar refractivity (Wildman–Crippen MR) is 106 cm³/mol. The smallest absolute Gasteiger partial charge is 0.182 e. The number of hydrogen-bond acceptors (Lipinski definition) is 6. The molecule has 0 N–H and O–H groups in total. The summed E-state index contributed by atoms with van der Waals surface area (Å²) in [7, 11) is 6.25. The lowest BCUT2D eigenvalue weighted by Crippen LogP contribution is -2.25. The van der Waals surface area contributed by atoms with Crippen LogP contribution in [0.1, 0.15) is 10.4 Å². The Bertz CT molecular complexity index is 1110. The van der Waals surface area contributed by atoms with Crippen molar-refractivity contribution in [2.75, 3.05) is 32.6 Å². The number of anilines is 1. The molecule has 5 rings (SSSR count). The van der Waals surface area contributed by atoms with Crippen molar-refractivity contribution >= 4 is 32.9 Å². The maximum Gasteiger partial charge on any atom is 0.182 e. The van der Waals surface area contributed by atoms with Crippen molar-refractivity contribution < 1.29 is 0 Å². The zero-order valence-electron chi connectivity index (χ0n) is 15.1. The van der Waals surface area contributed by atoms with Crippen LogP contribution in [-0.2, 0) is 13.0 Å². The molecule has 0 unspecified atom stereocenters. The summed E-state index contributed by atoms with van der Waals surface area (Å²) in [5.41, 5.74) is 4.51. The molecule has 4 heterocycles. The van der Waals surface area contributed by atoms with Gasteiger partial charge in [0.1, 0.15) is 11.2 Å². The van der Waals surface area contributed by atoms with E-state index in [2.05, 4.69) is 51.2 Å². The summed E-state index contributed by atoms with van der Waals surface area (Å²) < 4.78 is 1.82. The van der Waals surface area contributed by atoms with Gasteiger partial charge in [0.25, 0.3) is 0 Å². The maximum atomic E-state index is 4.88. The summed E-state index contributed by atoms with van der Waals surface area (Å²) in [4.78, 5) is 16.4. The van der Waals surface area contributed by atoms with Crippen molar-refractivity contribution in [3.63, 3.8) is 0 Å². The summed E-state index contributed by atoms with van der Waals surface area (Å²) >= 11 is 1.79. The molecule has 7 heteroatoms. The van der Waals surface area contributed by atoms with Crippen LogP contribution in [0.25, 0.3) is 27.3 Å². The molecule has 0 aliphatic carbocycles. The van der Waals surface area contributed by atoms with Gasteiger partial charge in [0.05, 0.1) is 5.39 Å². The minimum Gasteiger partial charge on any atom is -0.378 e. The van der Waals surface area contributed by atoms with Crippen molar-refractivity contribution in [1.29, 1.82) is 0 Å². The average molecular weight is 364 g/mol. The molecule has 1 aliphatic heterocycles. The first kappa shape index (κ1) is 15.7. The molecule has 0 saturated carbocycles. The highest BCUT2D eigenvalue weighted by Crippen LogP contribution is 2.36. The van der Waals surface area contributed by atoms with E-state index in [-0.39, 0.29) is 0 Å². The van der Waals surface area contributed by atoms with Crippen LogP contribution in [0.3, 0.4) is 0 Å². The molecule has 0 bridgehead atoms. The zero-order valence-corrected chi connectivity index (χ0v) is 15.9. The van der Waals surface area contributed by atoms with Gasteiger partial charge in [-0.15, -0.1) is 16.4 Å². The molecule has 6 nitrogen and oxygen atoms in total. The molecule has 0 saturated heterocycles. The van der Waals surface area contributed by atoms with Crippen LogP contribution in [0.4, 0.5) is 5.69 Å². The number of fused-ring (bicyclic) bond motifs is 5. The Labute approximate surface area is 155 Å². The molecule has 4 aromatic rings. The summed E-state index contributed by atoms with van der Waals surface area (Å²) in [6.07, 6.45) is 2.83. The average Bonchev–Trinajstić information content (AvgIpc) is 3.21. The molecule has 3 aromatic heterocycles. The van der Waals surface area contributed by atoms with Crippen molar-refractivity contribution in [2.45, 2.75) is 13.0 Å². The van der Waals surface area contributed by atoms with E-state index in [1.54, 1.807) is 17.7 Å². The van der Waals surface area contributed by atoms with E-state index in [4.69, 9.17) is 4.98 Å². The number of hydrogen-bond donors (Lipinski definition) is 0. The molecule has 0 spiro atoms. The fraction of sp³-hybridized carbons (Fsp3) is 0.316. The van der Waals surface area contributed by atoms with Gasteiger partial charge in [-0.1, -0.05) is 0 Å². The van der Waals surface area contributed by atoms with Crippen molar-refractivity contribution in [2.24, 2.45) is 0 Å². The molecular formula is C19H20N6S. The van der Waals surface area contributed by atoms with Crippen LogP contribution in [0.2, 0.25) is 0 Å². The summed E-state index contributed by atoms with van der Waals surface area (Å²) in [5.74, 6) is 0.748. The van der Waals surface area contributed by atoms with Crippen molar-refractivity contribution in [3.8, 4) is 11.4 Å². The molecular weight excluding hydrogens is 344 g/mol. The highest BCUT2D eigenvalue weighted by Gasteiger charge is 2.22. The van der Waals surface area contributed by atoms with Gasteiger partial charge < -0.3 is 9.80 Å². The Morgan fingerprint density at radius 1 is 1.15 bits per heavy atom. The van der Waals surface area contributed by atoms with Gasteiger partial charge in [-0.2, -0.15) is 0 Å². The lowest BCUT2D eigenvalue weighted by atomic mass is 10.1. The number of rotatable bonds is 2. The molecule has 1 aromatic carbocycles. The number of thiophene rings is 1. The van der Waals surface area contributed by atoms with Crippen LogP contribution in [0.5, 0.6) is 0 Å². The van der Waals surface area contributed by atoms with Gasteiger partial charge in [-0.25, -0.2) is 14.5 Å². The summed E-state index contributed by atoms with van der Waals surface area (Å²) in [6, 6.07) is 8.34. The Kier molecular flexibility index (Phi) is 3.48. The first-order valence-electron chi connectivity index (χ1n) is 8.72. The van der Waals surface area contributed by atoms with E-state index in [0.29, 0.717) is 0 Å². The van der Waals surface area contributed by atoms with Gasteiger partial charge in [-0.05, 0) is 43.3 Å². The van der Waals surface area contributed by atoms with E-state index in [1.165, 1.54) is 15.8 Å².